The molecule has 7 heteroatoms. The summed E-state index contributed by atoms with van der Waals surface area (Å²) in [6.45, 7) is 5.35. The number of nitrogens with one attached hydrogen (secondary N) is 1. The van der Waals surface area contributed by atoms with Gasteiger partial charge in [0.25, 0.3) is 10.0 Å². The molecule has 1 amide bonds. The molecule has 1 N–H and O–H groups in total. The van der Waals surface area contributed by atoms with Gasteiger partial charge in [0.2, 0.25) is 5.91 Å². The van der Waals surface area contributed by atoms with Crippen molar-refractivity contribution in [2.24, 2.45) is 0 Å². The van der Waals surface area contributed by atoms with Crippen LogP contribution in [-0.4, -0.2) is 20.9 Å². The van der Waals surface area contributed by atoms with Crippen molar-refractivity contribution >= 4 is 43.2 Å². The SMILES string of the molecule is Cc1ccc(S(=O)(=O)N(CC(=O)Nc2cccc(Br)c2)c2cc(C)cc(C)c2)cc1. The van der Waals surface area contributed by atoms with Gasteiger partial charge in [0.15, 0.2) is 0 Å². The molecule has 0 radical (unpaired) electrons. The standard InChI is InChI=1S/C23H23BrN2O3S/c1-16-7-9-22(10-8-16)30(28,29)26(21-12-17(2)11-18(3)13-21)15-23(27)25-20-6-4-5-19(24)14-20/h4-14H,15H2,1-3H3,(H,25,27). The zero-order valence-corrected chi connectivity index (χ0v) is 19.4. The number of anilines is 2. The van der Waals surface area contributed by atoms with E-state index in [0.29, 0.717) is 11.4 Å². The van der Waals surface area contributed by atoms with Gasteiger partial charge in [-0.1, -0.05) is 45.8 Å². The van der Waals surface area contributed by atoms with Gasteiger partial charge < -0.3 is 5.32 Å². The maximum absolute atomic E-state index is 13.4. The number of carbonyl (C=O) groups is 1. The van der Waals surface area contributed by atoms with Crippen LogP contribution in [0.5, 0.6) is 0 Å². The molecule has 0 aromatic heterocycles. The van der Waals surface area contributed by atoms with Crippen LogP contribution in [0.3, 0.4) is 0 Å². The van der Waals surface area contributed by atoms with E-state index in [1.165, 1.54) is 0 Å². The van der Waals surface area contributed by atoms with Crippen molar-refractivity contribution in [1.82, 2.24) is 0 Å². The molecule has 3 aromatic rings. The van der Waals surface area contributed by atoms with Crippen LogP contribution in [0.15, 0.2) is 76.1 Å². The van der Waals surface area contributed by atoms with Crippen LogP contribution in [0.25, 0.3) is 0 Å². The minimum absolute atomic E-state index is 0.141. The highest BCUT2D eigenvalue weighted by atomic mass is 79.9. The largest absolute Gasteiger partial charge is 0.324 e. The van der Waals surface area contributed by atoms with E-state index in [1.54, 1.807) is 54.6 Å². The Balaban J connectivity index is 1.99. The Bertz CT molecular complexity index is 1160. The molecule has 0 unspecified atom stereocenters. The molecule has 0 aliphatic carbocycles. The Labute approximate surface area is 185 Å². The van der Waals surface area contributed by atoms with E-state index >= 15 is 0 Å². The first kappa shape index (κ1) is 22.1. The smallest absolute Gasteiger partial charge is 0.264 e. The van der Waals surface area contributed by atoms with Gasteiger partial charge in [-0.2, -0.15) is 0 Å². The molecule has 3 rings (SSSR count). The first-order valence-electron chi connectivity index (χ1n) is 9.38. The Hall–Kier alpha value is -2.64. The van der Waals surface area contributed by atoms with E-state index in [-0.39, 0.29) is 11.4 Å². The summed E-state index contributed by atoms with van der Waals surface area (Å²) < 4.78 is 28.9. The molecule has 0 aliphatic heterocycles. The third-order valence-corrected chi connectivity index (χ3v) is 6.78. The second-order valence-corrected chi connectivity index (χ2v) is 10.0. The van der Waals surface area contributed by atoms with Gasteiger partial charge in [-0.15, -0.1) is 0 Å². The van der Waals surface area contributed by atoms with Crippen LogP contribution in [0.2, 0.25) is 0 Å². The number of rotatable bonds is 6. The van der Waals surface area contributed by atoms with Crippen molar-refractivity contribution < 1.29 is 13.2 Å². The molecule has 0 saturated carbocycles. The van der Waals surface area contributed by atoms with Gasteiger partial charge in [0.05, 0.1) is 10.6 Å². The first-order chi connectivity index (χ1) is 14.1. The van der Waals surface area contributed by atoms with Crippen LogP contribution in [-0.2, 0) is 14.8 Å². The minimum atomic E-state index is -3.94. The lowest BCUT2D eigenvalue weighted by molar-refractivity contribution is -0.114. The minimum Gasteiger partial charge on any atom is -0.324 e. The fourth-order valence-electron chi connectivity index (χ4n) is 3.14. The number of nitrogens with zero attached hydrogens (tertiary/aromatic N) is 1. The van der Waals surface area contributed by atoms with E-state index in [2.05, 4.69) is 21.2 Å². The molecule has 156 valence electrons. The highest BCUT2D eigenvalue weighted by Gasteiger charge is 2.27. The summed E-state index contributed by atoms with van der Waals surface area (Å²) in [7, 11) is -3.94. The maximum atomic E-state index is 13.4. The summed E-state index contributed by atoms with van der Waals surface area (Å²) in [6, 6.07) is 19.3. The Morgan fingerprint density at radius 3 is 2.13 bits per heavy atom. The monoisotopic (exact) mass is 486 g/mol. The van der Waals surface area contributed by atoms with Crippen molar-refractivity contribution in [1.29, 1.82) is 0 Å². The number of aryl methyl sites for hydroxylation is 3. The summed E-state index contributed by atoms with van der Waals surface area (Å²) in [5, 5.41) is 2.77. The Morgan fingerprint density at radius 2 is 1.53 bits per heavy atom. The number of carbonyl (C=O) groups excluding carboxylic acids is 1. The predicted octanol–water partition coefficient (Wildman–Crippen LogP) is 5.21. The van der Waals surface area contributed by atoms with E-state index in [0.717, 1.165) is 25.5 Å². The van der Waals surface area contributed by atoms with E-state index in [4.69, 9.17) is 0 Å². The zero-order chi connectivity index (χ0) is 21.9. The van der Waals surface area contributed by atoms with Gasteiger partial charge in [0, 0.05) is 10.2 Å². The van der Waals surface area contributed by atoms with Crippen LogP contribution in [0.4, 0.5) is 11.4 Å². The number of sulfonamides is 1. The normalized spacial score (nSPS) is 11.2. The Morgan fingerprint density at radius 1 is 0.900 bits per heavy atom. The van der Waals surface area contributed by atoms with Crippen LogP contribution >= 0.6 is 15.9 Å². The lowest BCUT2D eigenvalue weighted by atomic mass is 10.1. The third kappa shape index (κ3) is 5.29. The van der Waals surface area contributed by atoms with Gasteiger partial charge in [-0.05, 0) is 74.4 Å². The van der Waals surface area contributed by atoms with Gasteiger partial charge >= 0.3 is 0 Å². The fraction of sp³-hybridized carbons (Fsp3) is 0.174. The summed E-state index contributed by atoms with van der Waals surface area (Å²) in [6.07, 6.45) is 0. The molecule has 0 bridgehead atoms. The van der Waals surface area contributed by atoms with Gasteiger partial charge in [-0.25, -0.2) is 8.42 Å². The van der Waals surface area contributed by atoms with E-state index < -0.39 is 15.9 Å². The molecular weight excluding hydrogens is 464 g/mol. The van der Waals surface area contributed by atoms with Crippen LogP contribution in [0, 0.1) is 20.8 Å². The maximum Gasteiger partial charge on any atom is 0.264 e. The summed E-state index contributed by atoms with van der Waals surface area (Å²) in [5.74, 6) is -0.428. The van der Waals surface area contributed by atoms with Crippen molar-refractivity contribution in [3.05, 3.63) is 87.9 Å². The van der Waals surface area contributed by atoms with Gasteiger partial charge in [0.1, 0.15) is 6.54 Å². The molecule has 0 atom stereocenters. The molecule has 0 fully saturated rings. The summed E-state index contributed by atoms with van der Waals surface area (Å²) >= 11 is 3.37. The quantitative estimate of drug-likeness (QED) is 0.519. The first-order valence-corrected chi connectivity index (χ1v) is 11.6. The number of hydrogen-bond donors (Lipinski definition) is 1. The highest BCUT2D eigenvalue weighted by Crippen LogP contribution is 2.26. The molecule has 5 nitrogen and oxygen atoms in total. The van der Waals surface area contributed by atoms with Gasteiger partial charge in [-0.3, -0.25) is 9.10 Å². The molecule has 0 saturated heterocycles. The Kier molecular flexibility index (Phi) is 6.63. The topological polar surface area (TPSA) is 66.5 Å². The second kappa shape index (κ2) is 9.02. The number of halogens is 1. The third-order valence-electron chi connectivity index (χ3n) is 4.50. The van der Waals surface area contributed by atoms with Crippen molar-refractivity contribution in [3.63, 3.8) is 0 Å². The average Bonchev–Trinajstić information content (AvgIpc) is 2.65. The molecular formula is C23H23BrN2O3S. The zero-order valence-electron chi connectivity index (χ0n) is 17.0. The van der Waals surface area contributed by atoms with E-state index in [1.807, 2.05) is 32.9 Å². The molecule has 0 heterocycles. The number of benzene rings is 3. The van der Waals surface area contributed by atoms with Crippen LogP contribution in [0.1, 0.15) is 16.7 Å². The number of hydrogen-bond acceptors (Lipinski definition) is 3. The lowest BCUT2D eigenvalue weighted by Gasteiger charge is -2.25. The lowest BCUT2D eigenvalue weighted by Crippen LogP contribution is -2.38. The molecule has 3 aromatic carbocycles. The molecule has 0 aliphatic rings. The second-order valence-electron chi connectivity index (χ2n) is 7.23. The van der Waals surface area contributed by atoms with Crippen molar-refractivity contribution in [2.45, 2.75) is 25.7 Å². The highest BCUT2D eigenvalue weighted by molar-refractivity contribution is 9.10. The number of amides is 1. The predicted molar refractivity (Wildman–Crippen MR) is 124 cm³/mol. The molecule has 30 heavy (non-hydrogen) atoms. The van der Waals surface area contributed by atoms with Crippen molar-refractivity contribution in [3.8, 4) is 0 Å². The summed E-state index contributed by atoms with van der Waals surface area (Å²) in [5.41, 5.74) is 3.84. The average molecular weight is 487 g/mol. The summed E-state index contributed by atoms with van der Waals surface area (Å²) in [4.78, 5) is 12.9. The molecule has 0 spiro atoms. The van der Waals surface area contributed by atoms with Crippen LogP contribution < -0.4 is 9.62 Å². The van der Waals surface area contributed by atoms with Crippen molar-refractivity contribution in [2.75, 3.05) is 16.2 Å². The van der Waals surface area contributed by atoms with E-state index in [9.17, 15) is 13.2 Å². The fourth-order valence-corrected chi connectivity index (χ4v) is 4.95.